The number of thioether (sulfide) groups is 1. The Morgan fingerprint density at radius 2 is 1.85 bits per heavy atom. The topological polar surface area (TPSA) is 51.8 Å². The molecule has 1 fully saturated rings. The lowest BCUT2D eigenvalue weighted by Crippen LogP contribution is -1.97. The maximum atomic E-state index is 5.50. The monoisotopic (exact) mass is 195 g/mol. The van der Waals surface area contributed by atoms with Gasteiger partial charge in [-0.3, -0.25) is 0 Å². The fourth-order valence-electron chi connectivity index (χ4n) is 1.54. The molecule has 13 heavy (non-hydrogen) atoms. The molecule has 0 spiro atoms. The predicted octanol–water partition coefficient (Wildman–Crippen LogP) is 2.09. The maximum absolute atomic E-state index is 5.50. The molecule has 0 atom stereocenters. The molecule has 3 nitrogen and oxygen atoms in total. The molecule has 0 saturated heterocycles. The van der Waals surface area contributed by atoms with E-state index in [1.54, 1.807) is 24.2 Å². The Morgan fingerprint density at radius 3 is 2.46 bits per heavy atom. The van der Waals surface area contributed by atoms with Gasteiger partial charge in [-0.15, -0.1) is 0 Å². The first-order valence-corrected chi connectivity index (χ1v) is 5.47. The van der Waals surface area contributed by atoms with Crippen molar-refractivity contribution in [1.29, 1.82) is 0 Å². The lowest BCUT2D eigenvalue weighted by atomic mass is 10.4. The molecule has 1 heterocycles. The van der Waals surface area contributed by atoms with Gasteiger partial charge in [-0.1, -0.05) is 24.6 Å². The number of nitrogens with zero attached hydrogens (tertiary/aromatic N) is 2. The molecule has 0 amide bonds. The van der Waals surface area contributed by atoms with Crippen LogP contribution in [0.4, 0.5) is 5.69 Å². The second-order valence-corrected chi connectivity index (χ2v) is 4.59. The molecule has 1 aliphatic rings. The summed E-state index contributed by atoms with van der Waals surface area (Å²) in [6.45, 7) is 0. The van der Waals surface area contributed by atoms with Gasteiger partial charge in [-0.2, -0.15) is 0 Å². The van der Waals surface area contributed by atoms with Gasteiger partial charge in [0.25, 0.3) is 0 Å². The van der Waals surface area contributed by atoms with Crippen molar-refractivity contribution in [2.45, 2.75) is 36.1 Å². The summed E-state index contributed by atoms with van der Waals surface area (Å²) in [5.41, 5.74) is 6.14. The van der Waals surface area contributed by atoms with Gasteiger partial charge < -0.3 is 5.73 Å². The zero-order valence-corrected chi connectivity index (χ0v) is 8.26. The summed E-state index contributed by atoms with van der Waals surface area (Å²) in [6, 6.07) is 0. The maximum Gasteiger partial charge on any atom is 0.187 e. The molecule has 2 rings (SSSR count). The number of hydrogen-bond acceptors (Lipinski definition) is 4. The first-order chi connectivity index (χ1) is 6.34. The van der Waals surface area contributed by atoms with Gasteiger partial charge in [0.1, 0.15) is 0 Å². The minimum atomic E-state index is 0.635. The van der Waals surface area contributed by atoms with Crippen molar-refractivity contribution >= 4 is 17.4 Å². The molecule has 2 N–H and O–H groups in total. The van der Waals surface area contributed by atoms with E-state index in [2.05, 4.69) is 9.97 Å². The van der Waals surface area contributed by atoms with Crippen molar-refractivity contribution in [3.63, 3.8) is 0 Å². The fourth-order valence-corrected chi connectivity index (χ4v) is 2.64. The summed E-state index contributed by atoms with van der Waals surface area (Å²) >= 11 is 1.78. The summed E-state index contributed by atoms with van der Waals surface area (Å²) in [4.78, 5) is 8.34. The van der Waals surface area contributed by atoms with Crippen LogP contribution in [0.1, 0.15) is 25.7 Å². The number of rotatable bonds is 2. The largest absolute Gasteiger partial charge is 0.396 e. The third kappa shape index (κ3) is 2.34. The Kier molecular flexibility index (Phi) is 2.68. The van der Waals surface area contributed by atoms with Crippen molar-refractivity contribution in [2.24, 2.45) is 0 Å². The van der Waals surface area contributed by atoms with E-state index in [1.807, 2.05) is 0 Å². The van der Waals surface area contributed by atoms with E-state index in [9.17, 15) is 0 Å². The number of anilines is 1. The minimum absolute atomic E-state index is 0.635. The van der Waals surface area contributed by atoms with Crippen molar-refractivity contribution in [3.8, 4) is 0 Å². The Balaban J connectivity index is 1.97. The molecule has 4 heteroatoms. The molecule has 0 unspecified atom stereocenters. The second-order valence-electron chi connectivity index (χ2n) is 3.32. The molecule has 0 radical (unpaired) electrons. The van der Waals surface area contributed by atoms with Gasteiger partial charge in [0.2, 0.25) is 0 Å². The Labute approximate surface area is 82.2 Å². The van der Waals surface area contributed by atoms with Crippen LogP contribution in [0.25, 0.3) is 0 Å². The summed E-state index contributed by atoms with van der Waals surface area (Å²) in [7, 11) is 0. The normalized spacial score (nSPS) is 17.8. The van der Waals surface area contributed by atoms with E-state index >= 15 is 0 Å². The van der Waals surface area contributed by atoms with E-state index in [-0.39, 0.29) is 0 Å². The highest BCUT2D eigenvalue weighted by atomic mass is 32.2. The summed E-state index contributed by atoms with van der Waals surface area (Å²) in [5.74, 6) is 0. The van der Waals surface area contributed by atoms with Crippen LogP contribution in [0.3, 0.4) is 0 Å². The molecule has 0 aromatic carbocycles. The van der Waals surface area contributed by atoms with Crippen LogP contribution in [-0.2, 0) is 0 Å². The average molecular weight is 195 g/mol. The summed E-state index contributed by atoms with van der Waals surface area (Å²) < 4.78 is 0. The average Bonchev–Trinajstić information content (AvgIpc) is 2.62. The lowest BCUT2D eigenvalue weighted by molar-refractivity contribution is 0.885. The molecule has 1 aromatic heterocycles. The van der Waals surface area contributed by atoms with Gasteiger partial charge >= 0.3 is 0 Å². The van der Waals surface area contributed by atoms with Gasteiger partial charge in [-0.25, -0.2) is 9.97 Å². The van der Waals surface area contributed by atoms with Crippen LogP contribution < -0.4 is 5.73 Å². The van der Waals surface area contributed by atoms with Crippen LogP contribution in [0.2, 0.25) is 0 Å². The van der Waals surface area contributed by atoms with E-state index in [1.165, 1.54) is 25.7 Å². The third-order valence-corrected chi connectivity index (χ3v) is 3.45. The van der Waals surface area contributed by atoms with E-state index in [4.69, 9.17) is 5.73 Å². The Hall–Kier alpha value is -0.770. The molecule has 0 bridgehead atoms. The molecular weight excluding hydrogens is 182 g/mol. The number of aromatic nitrogens is 2. The van der Waals surface area contributed by atoms with Crippen molar-refractivity contribution in [2.75, 3.05) is 5.73 Å². The minimum Gasteiger partial charge on any atom is -0.396 e. The van der Waals surface area contributed by atoms with Gasteiger partial charge in [0.15, 0.2) is 5.16 Å². The van der Waals surface area contributed by atoms with Gasteiger partial charge in [0, 0.05) is 5.25 Å². The molecular formula is C9H13N3S. The lowest BCUT2D eigenvalue weighted by Gasteiger charge is -2.05. The highest BCUT2D eigenvalue weighted by Crippen LogP contribution is 2.32. The molecule has 1 aromatic rings. The van der Waals surface area contributed by atoms with Crippen molar-refractivity contribution < 1.29 is 0 Å². The van der Waals surface area contributed by atoms with Gasteiger partial charge in [-0.05, 0) is 12.8 Å². The van der Waals surface area contributed by atoms with Crippen molar-refractivity contribution in [3.05, 3.63) is 12.4 Å². The van der Waals surface area contributed by atoms with Crippen LogP contribution in [-0.4, -0.2) is 15.2 Å². The first kappa shape index (κ1) is 8.81. The van der Waals surface area contributed by atoms with E-state index < -0.39 is 0 Å². The van der Waals surface area contributed by atoms with Crippen LogP contribution in [0.15, 0.2) is 17.6 Å². The second kappa shape index (κ2) is 3.96. The smallest absolute Gasteiger partial charge is 0.187 e. The van der Waals surface area contributed by atoms with E-state index in [0.29, 0.717) is 5.69 Å². The highest BCUT2D eigenvalue weighted by molar-refractivity contribution is 7.99. The number of hydrogen-bond donors (Lipinski definition) is 1. The standard InChI is InChI=1S/C9H13N3S/c10-7-5-11-9(12-6-7)13-8-3-1-2-4-8/h5-6,8H,1-4,10H2. The number of nitrogen functional groups attached to an aromatic ring is 1. The van der Waals surface area contributed by atoms with E-state index in [0.717, 1.165) is 10.4 Å². The Morgan fingerprint density at radius 1 is 1.23 bits per heavy atom. The number of nitrogens with two attached hydrogens (primary N) is 1. The zero-order chi connectivity index (χ0) is 9.10. The molecule has 0 aliphatic heterocycles. The predicted molar refractivity (Wildman–Crippen MR) is 54.6 cm³/mol. The first-order valence-electron chi connectivity index (χ1n) is 4.59. The zero-order valence-electron chi connectivity index (χ0n) is 7.44. The quantitative estimate of drug-likeness (QED) is 0.734. The SMILES string of the molecule is Nc1cnc(SC2CCCC2)nc1. The highest BCUT2D eigenvalue weighted by Gasteiger charge is 2.16. The summed E-state index contributed by atoms with van der Waals surface area (Å²) in [5, 5.41) is 1.59. The van der Waals surface area contributed by atoms with Gasteiger partial charge in [0.05, 0.1) is 18.1 Å². The van der Waals surface area contributed by atoms with Crippen molar-refractivity contribution in [1.82, 2.24) is 9.97 Å². The fraction of sp³-hybridized carbons (Fsp3) is 0.556. The summed E-state index contributed by atoms with van der Waals surface area (Å²) in [6.07, 6.45) is 8.66. The molecule has 1 aliphatic carbocycles. The Bertz CT molecular complexity index is 267. The molecule has 70 valence electrons. The van der Waals surface area contributed by atoms with Crippen LogP contribution >= 0.6 is 11.8 Å². The van der Waals surface area contributed by atoms with Crippen LogP contribution in [0, 0.1) is 0 Å². The molecule has 1 saturated carbocycles. The third-order valence-electron chi connectivity index (χ3n) is 2.22. The van der Waals surface area contributed by atoms with Crippen LogP contribution in [0.5, 0.6) is 0 Å².